The van der Waals surface area contributed by atoms with Crippen molar-refractivity contribution in [2.75, 3.05) is 11.9 Å². The standard InChI is InChI=1S/C21H22N4O4S/c1-14-23-17-13-15(10-11-18(17)29-14)24-20(26)9-3-2-6-12-22-21-16-7-4-5-8-19(16)30(27,28)25-21/h4-5,7-8,10-11,13H,2-3,6,9,12H2,1H3,(H,22,25)(H,24,26). The predicted octanol–water partition coefficient (Wildman–Crippen LogP) is 3.37. The molecule has 2 N–H and O–H groups in total. The van der Waals surface area contributed by atoms with E-state index in [-0.39, 0.29) is 10.8 Å². The smallest absolute Gasteiger partial charge is 0.263 e. The Kier molecular flexibility index (Phi) is 5.54. The molecule has 0 saturated carbocycles. The average Bonchev–Trinajstić information content (AvgIpc) is 3.20. The number of aryl methyl sites for hydroxylation is 1. The molecule has 1 aromatic heterocycles. The summed E-state index contributed by atoms with van der Waals surface area (Å²) in [6.07, 6.45) is 2.72. The minimum Gasteiger partial charge on any atom is -0.441 e. The van der Waals surface area contributed by atoms with Gasteiger partial charge in [0.05, 0.1) is 4.90 Å². The molecule has 0 radical (unpaired) electrons. The number of aromatic nitrogens is 1. The number of nitrogens with one attached hydrogen (secondary N) is 2. The summed E-state index contributed by atoms with van der Waals surface area (Å²) in [5, 5.41) is 2.87. The second-order valence-corrected chi connectivity index (χ2v) is 8.76. The van der Waals surface area contributed by atoms with Crippen LogP contribution in [0.2, 0.25) is 0 Å². The molecule has 1 aliphatic heterocycles. The molecule has 1 amide bonds. The lowest BCUT2D eigenvalue weighted by Crippen LogP contribution is -2.22. The highest BCUT2D eigenvalue weighted by molar-refractivity contribution is 7.90. The third-order valence-electron chi connectivity index (χ3n) is 4.77. The van der Waals surface area contributed by atoms with Gasteiger partial charge in [0, 0.05) is 31.1 Å². The van der Waals surface area contributed by atoms with Crippen LogP contribution in [0.15, 0.2) is 56.8 Å². The Morgan fingerprint density at radius 3 is 2.87 bits per heavy atom. The van der Waals surface area contributed by atoms with Crippen LogP contribution in [0.1, 0.15) is 37.1 Å². The fourth-order valence-electron chi connectivity index (χ4n) is 3.36. The molecular weight excluding hydrogens is 404 g/mol. The van der Waals surface area contributed by atoms with Gasteiger partial charge in [-0.25, -0.2) is 13.4 Å². The van der Waals surface area contributed by atoms with E-state index < -0.39 is 10.0 Å². The van der Waals surface area contributed by atoms with Crippen LogP contribution >= 0.6 is 0 Å². The lowest BCUT2D eigenvalue weighted by Gasteiger charge is -2.05. The van der Waals surface area contributed by atoms with Crippen LogP contribution in [0, 0.1) is 6.92 Å². The first kappa shape index (κ1) is 20.1. The number of amides is 1. The Bertz CT molecular complexity index is 1230. The summed E-state index contributed by atoms with van der Waals surface area (Å²) in [6, 6.07) is 12.2. The Morgan fingerprint density at radius 1 is 1.17 bits per heavy atom. The van der Waals surface area contributed by atoms with Gasteiger partial charge in [0.2, 0.25) is 5.91 Å². The quantitative estimate of drug-likeness (QED) is 0.562. The van der Waals surface area contributed by atoms with Crippen molar-refractivity contribution in [1.82, 2.24) is 9.71 Å². The number of unbranched alkanes of at least 4 members (excludes halogenated alkanes) is 2. The first-order valence-corrected chi connectivity index (χ1v) is 11.2. The molecule has 0 aliphatic carbocycles. The van der Waals surface area contributed by atoms with E-state index in [0.29, 0.717) is 47.0 Å². The van der Waals surface area contributed by atoms with Crippen molar-refractivity contribution in [2.45, 2.75) is 37.5 Å². The van der Waals surface area contributed by atoms with Gasteiger partial charge in [0.25, 0.3) is 10.0 Å². The molecule has 30 heavy (non-hydrogen) atoms. The second kappa shape index (κ2) is 8.27. The monoisotopic (exact) mass is 426 g/mol. The van der Waals surface area contributed by atoms with Crippen LogP contribution in [0.25, 0.3) is 11.1 Å². The van der Waals surface area contributed by atoms with E-state index in [9.17, 15) is 13.2 Å². The molecule has 3 aromatic rings. The predicted molar refractivity (Wildman–Crippen MR) is 114 cm³/mol. The zero-order valence-corrected chi connectivity index (χ0v) is 17.3. The Hall–Kier alpha value is -3.20. The third kappa shape index (κ3) is 4.35. The van der Waals surface area contributed by atoms with Crippen LogP contribution in [-0.4, -0.2) is 31.7 Å². The topological polar surface area (TPSA) is 114 Å². The minimum absolute atomic E-state index is 0.0571. The molecule has 0 unspecified atom stereocenters. The highest BCUT2D eigenvalue weighted by Crippen LogP contribution is 2.22. The van der Waals surface area contributed by atoms with E-state index in [4.69, 9.17) is 4.42 Å². The number of anilines is 1. The second-order valence-electron chi connectivity index (χ2n) is 7.11. The molecule has 0 fully saturated rings. The fourth-order valence-corrected chi connectivity index (χ4v) is 4.61. The maximum Gasteiger partial charge on any atom is 0.263 e. The van der Waals surface area contributed by atoms with Gasteiger partial charge in [-0.1, -0.05) is 18.6 Å². The van der Waals surface area contributed by atoms with Gasteiger partial charge in [0.15, 0.2) is 11.5 Å². The minimum atomic E-state index is -3.50. The van der Waals surface area contributed by atoms with E-state index in [2.05, 4.69) is 20.0 Å². The van der Waals surface area contributed by atoms with E-state index in [1.165, 1.54) is 0 Å². The highest BCUT2D eigenvalue weighted by atomic mass is 32.2. The molecule has 0 spiro atoms. The molecule has 2 aromatic carbocycles. The zero-order chi connectivity index (χ0) is 21.1. The summed E-state index contributed by atoms with van der Waals surface area (Å²) in [5.74, 6) is 0.922. The number of nitrogens with zero attached hydrogens (tertiary/aromatic N) is 2. The van der Waals surface area contributed by atoms with Crippen molar-refractivity contribution in [3.05, 3.63) is 53.9 Å². The van der Waals surface area contributed by atoms with Crippen LogP contribution in [0.3, 0.4) is 0 Å². The van der Waals surface area contributed by atoms with Crippen LogP contribution < -0.4 is 10.0 Å². The van der Waals surface area contributed by atoms with Crippen molar-refractivity contribution in [1.29, 1.82) is 0 Å². The van der Waals surface area contributed by atoms with Crippen LogP contribution in [0.5, 0.6) is 0 Å². The highest BCUT2D eigenvalue weighted by Gasteiger charge is 2.29. The number of hydrogen-bond donors (Lipinski definition) is 2. The number of hydrogen-bond acceptors (Lipinski definition) is 6. The van der Waals surface area contributed by atoms with Crippen LogP contribution in [0.4, 0.5) is 5.69 Å². The fraction of sp³-hybridized carbons (Fsp3) is 0.286. The number of sulfonamides is 1. The number of aliphatic imine (C=N–C) groups is 1. The molecule has 2 heterocycles. The molecule has 156 valence electrons. The maximum atomic E-state index is 12.1. The Balaban J connectivity index is 1.22. The van der Waals surface area contributed by atoms with Gasteiger partial charge >= 0.3 is 0 Å². The van der Waals surface area contributed by atoms with Gasteiger partial charge < -0.3 is 9.73 Å². The number of oxazole rings is 1. The van der Waals surface area contributed by atoms with Crippen molar-refractivity contribution < 1.29 is 17.6 Å². The molecule has 4 rings (SSSR count). The van der Waals surface area contributed by atoms with E-state index >= 15 is 0 Å². The van der Waals surface area contributed by atoms with Crippen molar-refractivity contribution in [2.24, 2.45) is 4.99 Å². The molecule has 1 aliphatic rings. The first-order valence-electron chi connectivity index (χ1n) is 9.76. The summed E-state index contributed by atoms with van der Waals surface area (Å²) < 4.78 is 32.0. The molecule has 0 atom stereocenters. The third-order valence-corrected chi connectivity index (χ3v) is 6.17. The zero-order valence-electron chi connectivity index (χ0n) is 16.5. The number of carbonyl (C=O) groups excluding carboxylic acids is 1. The average molecular weight is 426 g/mol. The maximum absolute atomic E-state index is 12.1. The Morgan fingerprint density at radius 2 is 2.00 bits per heavy atom. The van der Waals surface area contributed by atoms with E-state index in [0.717, 1.165) is 19.3 Å². The van der Waals surface area contributed by atoms with Crippen molar-refractivity contribution in [3.8, 4) is 0 Å². The van der Waals surface area contributed by atoms with Gasteiger partial charge in [-0.15, -0.1) is 0 Å². The van der Waals surface area contributed by atoms with Gasteiger partial charge in [0.1, 0.15) is 11.4 Å². The first-order chi connectivity index (χ1) is 14.4. The van der Waals surface area contributed by atoms with Crippen LogP contribution in [-0.2, 0) is 14.8 Å². The summed E-state index contributed by atoms with van der Waals surface area (Å²) in [6.45, 7) is 2.28. The number of amidine groups is 1. The SMILES string of the molecule is Cc1nc2cc(NC(=O)CCCCCN=C3NS(=O)(=O)c4ccccc43)ccc2o1. The molecule has 0 saturated heterocycles. The molecular formula is C21H22N4O4S. The molecule has 9 heteroatoms. The Labute approximate surface area is 174 Å². The summed E-state index contributed by atoms with van der Waals surface area (Å²) in [5.41, 5.74) is 2.71. The largest absolute Gasteiger partial charge is 0.441 e. The van der Waals surface area contributed by atoms with Crippen molar-refractivity contribution >= 4 is 38.6 Å². The van der Waals surface area contributed by atoms with E-state index in [1.54, 1.807) is 49.4 Å². The normalized spacial score (nSPS) is 15.8. The van der Waals surface area contributed by atoms with Gasteiger partial charge in [-0.05, 0) is 43.2 Å². The lowest BCUT2D eigenvalue weighted by atomic mass is 10.1. The number of carbonyl (C=O) groups is 1. The number of rotatable bonds is 7. The van der Waals surface area contributed by atoms with E-state index in [1.807, 2.05) is 0 Å². The molecule has 0 bridgehead atoms. The molecule has 8 nitrogen and oxygen atoms in total. The summed E-state index contributed by atoms with van der Waals surface area (Å²) in [4.78, 5) is 21.1. The summed E-state index contributed by atoms with van der Waals surface area (Å²) in [7, 11) is -3.50. The lowest BCUT2D eigenvalue weighted by molar-refractivity contribution is -0.116. The van der Waals surface area contributed by atoms with Crippen molar-refractivity contribution in [3.63, 3.8) is 0 Å². The van der Waals surface area contributed by atoms with Gasteiger partial charge in [-0.2, -0.15) is 0 Å². The number of benzene rings is 2. The summed E-state index contributed by atoms with van der Waals surface area (Å²) >= 11 is 0. The van der Waals surface area contributed by atoms with Gasteiger partial charge in [-0.3, -0.25) is 14.5 Å². The number of fused-ring (bicyclic) bond motifs is 2.